The summed E-state index contributed by atoms with van der Waals surface area (Å²) in [4.78, 5) is 41.5. The number of thioether (sulfide) groups is 1. The Morgan fingerprint density at radius 2 is 1.84 bits per heavy atom. The smallest absolute Gasteiger partial charge is 0.344 e. The second-order valence-corrected chi connectivity index (χ2v) is 9.98. The van der Waals surface area contributed by atoms with Gasteiger partial charge in [0.1, 0.15) is 16.4 Å². The Hall–Kier alpha value is -3.03. The molecule has 0 saturated carbocycles. The molecule has 1 N–H and O–H groups in total. The van der Waals surface area contributed by atoms with Gasteiger partial charge in [-0.1, -0.05) is 35.5 Å². The molecule has 38 heavy (non-hydrogen) atoms. The zero-order valence-electron chi connectivity index (χ0n) is 20.6. The number of amides is 1. The molecule has 3 rings (SSSR count). The van der Waals surface area contributed by atoms with Gasteiger partial charge in [0.05, 0.1) is 39.4 Å². The van der Waals surface area contributed by atoms with E-state index in [1.807, 2.05) is 22.6 Å². The van der Waals surface area contributed by atoms with Crippen LogP contribution in [0.15, 0.2) is 57.6 Å². The van der Waals surface area contributed by atoms with E-state index in [9.17, 15) is 19.5 Å². The normalized spacial score (nSPS) is 15.1. The lowest BCUT2D eigenvalue weighted by atomic mass is 10.1. The van der Waals surface area contributed by atoms with Crippen molar-refractivity contribution in [1.29, 1.82) is 0 Å². The predicted octanol–water partition coefficient (Wildman–Crippen LogP) is 5.60. The van der Waals surface area contributed by atoms with E-state index in [4.69, 9.17) is 30.5 Å². The molecule has 0 spiro atoms. The summed E-state index contributed by atoms with van der Waals surface area (Å²) >= 11 is 9.08. The summed E-state index contributed by atoms with van der Waals surface area (Å²) in [6.45, 7) is 3.34. The van der Waals surface area contributed by atoms with Crippen LogP contribution in [0.4, 0.5) is 0 Å². The summed E-state index contributed by atoms with van der Waals surface area (Å²) in [6.07, 6.45) is 1.60. The molecule has 12 heteroatoms. The maximum Gasteiger partial charge on any atom is 0.344 e. The molecular formula is C26H23ClINO8S. The molecule has 2 aromatic carbocycles. The van der Waals surface area contributed by atoms with Gasteiger partial charge < -0.3 is 24.1 Å². The van der Waals surface area contributed by atoms with Crippen LogP contribution in [0.3, 0.4) is 0 Å². The zero-order valence-corrected chi connectivity index (χ0v) is 24.3. The third-order valence-corrected chi connectivity index (χ3v) is 7.02. The lowest BCUT2D eigenvalue weighted by Crippen LogP contribution is -2.15. The van der Waals surface area contributed by atoms with Crippen molar-refractivity contribution in [1.82, 2.24) is 0 Å². The molecule has 0 radical (unpaired) electrons. The number of halogens is 2. The number of hydrogen-bond donors (Lipinski definition) is 1. The summed E-state index contributed by atoms with van der Waals surface area (Å²) in [5, 5.41) is 11.1. The highest BCUT2D eigenvalue weighted by Crippen LogP contribution is 2.41. The van der Waals surface area contributed by atoms with Gasteiger partial charge in [-0.2, -0.15) is 0 Å². The van der Waals surface area contributed by atoms with Crippen molar-refractivity contribution in [2.75, 3.05) is 26.9 Å². The third-order valence-electron chi connectivity index (χ3n) is 4.87. The van der Waals surface area contributed by atoms with Crippen molar-refractivity contribution in [2.45, 2.75) is 13.8 Å². The van der Waals surface area contributed by atoms with Crippen molar-refractivity contribution in [3.63, 3.8) is 0 Å². The number of nitrogens with zero attached hydrogens (tertiary/aromatic N) is 1. The molecule has 1 aliphatic heterocycles. The number of carbonyl (C=O) groups is 3. The molecule has 1 heterocycles. The van der Waals surface area contributed by atoms with E-state index in [2.05, 4.69) is 4.99 Å². The SMILES string of the molecule is CCOC(=O)COc1c(I)cc(/C=C2\SC(=NC(=O)c3ccccc3Cl)C(C(=O)OCC)=C2O)cc1OC. The van der Waals surface area contributed by atoms with Gasteiger partial charge in [0, 0.05) is 0 Å². The maximum atomic E-state index is 12.8. The topological polar surface area (TPSA) is 121 Å². The van der Waals surface area contributed by atoms with Crippen LogP contribution in [-0.2, 0) is 19.1 Å². The third kappa shape index (κ3) is 7.08. The Morgan fingerprint density at radius 1 is 1.13 bits per heavy atom. The van der Waals surface area contributed by atoms with Gasteiger partial charge in [-0.15, -0.1) is 0 Å². The number of aliphatic hydroxyl groups is 1. The molecule has 0 saturated heterocycles. The minimum Gasteiger partial charge on any atom is -0.506 e. The van der Waals surface area contributed by atoms with Gasteiger partial charge in [0.25, 0.3) is 5.91 Å². The average molecular weight is 672 g/mol. The number of aliphatic imine (C=N–C) groups is 1. The van der Waals surface area contributed by atoms with Crippen LogP contribution >= 0.6 is 46.0 Å². The first-order valence-corrected chi connectivity index (χ1v) is 13.5. The second-order valence-electron chi connectivity index (χ2n) is 7.38. The number of benzene rings is 2. The average Bonchev–Trinajstić information content (AvgIpc) is 3.17. The van der Waals surface area contributed by atoms with E-state index in [0.717, 1.165) is 11.8 Å². The number of hydrogen-bond acceptors (Lipinski definition) is 9. The van der Waals surface area contributed by atoms with Crippen LogP contribution in [0.1, 0.15) is 29.8 Å². The highest BCUT2D eigenvalue weighted by molar-refractivity contribution is 14.1. The first kappa shape index (κ1) is 29.5. The zero-order chi connectivity index (χ0) is 27.8. The molecule has 0 bridgehead atoms. The summed E-state index contributed by atoms with van der Waals surface area (Å²) in [5.74, 6) is -1.70. The fourth-order valence-electron chi connectivity index (χ4n) is 3.23. The Balaban J connectivity index is 1.99. The van der Waals surface area contributed by atoms with Crippen molar-refractivity contribution < 1.29 is 38.4 Å². The van der Waals surface area contributed by atoms with Crippen LogP contribution in [0.2, 0.25) is 5.02 Å². The van der Waals surface area contributed by atoms with Crippen LogP contribution in [-0.4, -0.2) is 54.9 Å². The van der Waals surface area contributed by atoms with Gasteiger partial charge in [-0.05, 0) is 72.3 Å². The molecular weight excluding hydrogens is 649 g/mol. The number of esters is 2. The summed E-state index contributed by atoms with van der Waals surface area (Å²) in [5.41, 5.74) is 0.519. The fourth-order valence-corrected chi connectivity index (χ4v) is 5.24. The van der Waals surface area contributed by atoms with E-state index < -0.39 is 17.8 Å². The lowest BCUT2D eigenvalue weighted by molar-refractivity contribution is -0.145. The van der Waals surface area contributed by atoms with E-state index in [0.29, 0.717) is 20.6 Å². The van der Waals surface area contributed by atoms with Crippen LogP contribution in [0, 0.1) is 3.57 Å². The molecule has 200 valence electrons. The quantitative estimate of drug-likeness (QED) is 0.268. The summed E-state index contributed by atoms with van der Waals surface area (Å²) < 4.78 is 21.6. The Kier molecular flexibility index (Phi) is 10.6. The number of rotatable bonds is 9. The largest absolute Gasteiger partial charge is 0.506 e. The molecule has 1 amide bonds. The molecule has 2 aromatic rings. The predicted molar refractivity (Wildman–Crippen MR) is 153 cm³/mol. The molecule has 0 unspecified atom stereocenters. The first-order chi connectivity index (χ1) is 18.2. The Morgan fingerprint density at radius 3 is 2.50 bits per heavy atom. The van der Waals surface area contributed by atoms with Crippen LogP contribution in [0.5, 0.6) is 11.5 Å². The summed E-state index contributed by atoms with van der Waals surface area (Å²) in [6, 6.07) is 9.75. The second kappa shape index (κ2) is 13.7. The van der Waals surface area contributed by atoms with Gasteiger partial charge in [-0.3, -0.25) is 4.79 Å². The molecule has 0 aromatic heterocycles. The fraction of sp³-hybridized carbons (Fsp3) is 0.231. The van der Waals surface area contributed by atoms with Crippen molar-refractivity contribution in [3.8, 4) is 11.5 Å². The van der Waals surface area contributed by atoms with Crippen molar-refractivity contribution in [2.24, 2.45) is 4.99 Å². The number of aliphatic hydroxyl groups excluding tert-OH is 1. The highest BCUT2D eigenvalue weighted by atomic mass is 127. The van der Waals surface area contributed by atoms with E-state index in [-0.39, 0.29) is 51.7 Å². The van der Waals surface area contributed by atoms with Crippen molar-refractivity contribution >= 4 is 74.9 Å². The monoisotopic (exact) mass is 671 g/mol. The van der Waals surface area contributed by atoms with Crippen molar-refractivity contribution in [3.05, 3.63) is 72.4 Å². The molecule has 9 nitrogen and oxygen atoms in total. The molecule has 0 atom stereocenters. The minimum atomic E-state index is -0.818. The first-order valence-electron chi connectivity index (χ1n) is 11.2. The molecule has 1 aliphatic rings. The van der Waals surface area contributed by atoms with Gasteiger partial charge in [0.15, 0.2) is 18.1 Å². The highest BCUT2D eigenvalue weighted by Gasteiger charge is 2.34. The lowest BCUT2D eigenvalue weighted by Gasteiger charge is -2.13. The number of ether oxygens (including phenoxy) is 4. The van der Waals surface area contributed by atoms with Crippen LogP contribution < -0.4 is 9.47 Å². The number of methoxy groups -OCH3 is 1. The number of carbonyl (C=O) groups excluding carboxylic acids is 3. The standard InChI is InChI=1S/C26H23ClINO8S/c1-4-35-20(30)13-37-23-17(28)10-14(11-18(23)34-3)12-19-22(31)21(26(33)36-5-2)25(38-19)29-24(32)15-8-6-7-9-16(15)27/h6-12,31H,4-5,13H2,1-3H3/b19-12-,29-25?. The van der Waals surface area contributed by atoms with E-state index in [1.54, 1.807) is 50.3 Å². The maximum absolute atomic E-state index is 12.8. The van der Waals surface area contributed by atoms with Gasteiger partial charge in [-0.25, -0.2) is 14.6 Å². The molecule has 0 fully saturated rings. The Labute approximate surface area is 242 Å². The van der Waals surface area contributed by atoms with Gasteiger partial charge >= 0.3 is 11.9 Å². The van der Waals surface area contributed by atoms with E-state index >= 15 is 0 Å². The summed E-state index contributed by atoms with van der Waals surface area (Å²) in [7, 11) is 1.45. The van der Waals surface area contributed by atoms with Gasteiger partial charge in [0.2, 0.25) is 0 Å². The van der Waals surface area contributed by atoms with E-state index in [1.165, 1.54) is 13.2 Å². The Bertz CT molecular complexity index is 1350. The molecule has 0 aliphatic carbocycles. The minimum absolute atomic E-state index is 0.0202. The van der Waals surface area contributed by atoms with Crippen LogP contribution in [0.25, 0.3) is 6.08 Å².